The Kier molecular flexibility index (Phi) is 8.55. The second-order valence-corrected chi connectivity index (χ2v) is 10.0. The summed E-state index contributed by atoms with van der Waals surface area (Å²) in [5, 5.41) is 3.34. The average molecular weight is 454 g/mol. The third-order valence-corrected chi connectivity index (χ3v) is 5.63. The maximum atomic E-state index is 12.3. The Bertz CT molecular complexity index is 902. The first-order valence-electron chi connectivity index (χ1n) is 11.8. The summed E-state index contributed by atoms with van der Waals surface area (Å²) < 4.78 is 6.15. The van der Waals surface area contributed by atoms with Crippen molar-refractivity contribution in [3.8, 4) is 5.75 Å². The van der Waals surface area contributed by atoms with Gasteiger partial charge in [-0.1, -0.05) is 32.9 Å². The van der Waals surface area contributed by atoms with Gasteiger partial charge in [0, 0.05) is 53.0 Å². The van der Waals surface area contributed by atoms with E-state index in [0.29, 0.717) is 18.0 Å². The summed E-state index contributed by atoms with van der Waals surface area (Å²) in [5.41, 5.74) is 1.94. The van der Waals surface area contributed by atoms with Crippen LogP contribution in [-0.2, 0) is 0 Å². The maximum absolute atomic E-state index is 12.3. The quantitative estimate of drug-likeness (QED) is 0.583. The molecular formula is C26H39N5O2. The van der Waals surface area contributed by atoms with Gasteiger partial charge in [0.2, 0.25) is 0 Å². The van der Waals surface area contributed by atoms with Gasteiger partial charge in [-0.15, -0.1) is 0 Å². The Hall–Kier alpha value is -2.80. The van der Waals surface area contributed by atoms with Gasteiger partial charge in [0.25, 0.3) is 5.91 Å². The van der Waals surface area contributed by atoms with Crippen molar-refractivity contribution >= 4 is 17.4 Å². The molecule has 1 aromatic carbocycles. The molecule has 1 aliphatic rings. The van der Waals surface area contributed by atoms with E-state index < -0.39 is 0 Å². The molecule has 1 saturated heterocycles. The number of aromatic nitrogens is 1. The molecule has 7 nitrogen and oxygen atoms in total. The molecule has 3 rings (SSSR count). The van der Waals surface area contributed by atoms with Gasteiger partial charge < -0.3 is 19.9 Å². The number of ether oxygens (including phenoxy) is 1. The molecule has 1 N–H and O–H groups in total. The number of carbonyl (C=O) groups is 1. The van der Waals surface area contributed by atoms with E-state index in [1.807, 2.05) is 12.1 Å². The van der Waals surface area contributed by atoms with Gasteiger partial charge in [-0.2, -0.15) is 0 Å². The molecule has 0 radical (unpaired) electrons. The van der Waals surface area contributed by atoms with Crippen LogP contribution in [0.2, 0.25) is 0 Å². The number of piperazine rings is 1. The lowest BCUT2D eigenvalue weighted by molar-refractivity contribution is 0.0828. The highest BCUT2D eigenvalue weighted by atomic mass is 16.5. The highest BCUT2D eigenvalue weighted by Gasteiger charge is 2.21. The first kappa shape index (κ1) is 24.8. The van der Waals surface area contributed by atoms with Gasteiger partial charge >= 0.3 is 0 Å². The predicted molar refractivity (Wildman–Crippen MR) is 135 cm³/mol. The third-order valence-electron chi connectivity index (χ3n) is 5.63. The third kappa shape index (κ3) is 7.35. The van der Waals surface area contributed by atoms with Crippen molar-refractivity contribution in [2.45, 2.75) is 27.2 Å². The molecule has 1 fully saturated rings. The van der Waals surface area contributed by atoms with E-state index in [0.717, 1.165) is 51.4 Å². The Morgan fingerprint density at radius 3 is 2.52 bits per heavy atom. The Morgan fingerprint density at radius 2 is 1.82 bits per heavy atom. The van der Waals surface area contributed by atoms with Crippen molar-refractivity contribution in [1.82, 2.24) is 14.8 Å². The van der Waals surface area contributed by atoms with Crippen LogP contribution >= 0.6 is 0 Å². The number of nitrogens with zero attached hydrogens (tertiary/aromatic N) is 4. The number of rotatable bonds is 9. The molecule has 0 saturated carbocycles. The van der Waals surface area contributed by atoms with Gasteiger partial charge in [-0.3, -0.25) is 9.69 Å². The molecule has 1 aromatic heterocycles. The van der Waals surface area contributed by atoms with Gasteiger partial charge in [0.05, 0.1) is 17.9 Å². The summed E-state index contributed by atoms with van der Waals surface area (Å²) in [6, 6.07) is 12.0. The van der Waals surface area contributed by atoms with E-state index in [9.17, 15) is 4.79 Å². The molecule has 0 spiro atoms. The van der Waals surface area contributed by atoms with Crippen LogP contribution in [0, 0.1) is 5.41 Å². The zero-order valence-corrected chi connectivity index (χ0v) is 20.8. The van der Waals surface area contributed by atoms with E-state index in [4.69, 9.17) is 4.74 Å². The standard InChI is InChI=1S/C26H39N5O2/c1-26(2,3)20-33-23-12-7-6-11-22(23)31-18-16-30(17-19-31)15-9-14-28-24-21(10-8-13-27-24)25(32)29(4)5/h6-8,10-13H,9,14-20H2,1-5H3,(H,27,28). The van der Waals surface area contributed by atoms with E-state index in [2.05, 4.69) is 59.1 Å². The number of pyridine rings is 1. The van der Waals surface area contributed by atoms with Crippen LogP contribution in [0.4, 0.5) is 11.5 Å². The van der Waals surface area contributed by atoms with E-state index >= 15 is 0 Å². The molecule has 7 heteroatoms. The molecule has 1 aliphatic heterocycles. The fourth-order valence-electron chi connectivity index (χ4n) is 3.82. The molecule has 2 heterocycles. The van der Waals surface area contributed by atoms with Crippen LogP contribution in [0.15, 0.2) is 42.6 Å². The number of nitrogens with one attached hydrogen (secondary N) is 1. The van der Waals surface area contributed by atoms with Crippen molar-refractivity contribution in [3.05, 3.63) is 48.2 Å². The highest BCUT2D eigenvalue weighted by Crippen LogP contribution is 2.30. The predicted octanol–water partition coefficient (Wildman–Crippen LogP) is 3.83. The van der Waals surface area contributed by atoms with Crippen LogP contribution in [0.25, 0.3) is 0 Å². The lowest BCUT2D eigenvalue weighted by Crippen LogP contribution is -2.47. The van der Waals surface area contributed by atoms with Crippen molar-refractivity contribution in [2.24, 2.45) is 5.41 Å². The largest absolute Gasteiger partial charge is 0.491 e. The molecule has 0 aliphatic carbocycles. The summed E-state index contributed by atoms with van der Waals surface area (Å²) in [6.07, 6.45) is 2.72. The van der Waals surface area contributed by atoms with Crippen molar-refractivity contribution in [2.75, 3.05) is 70.2 Å². The Balaban J connectivity index is 1.45. The van der Waals surface area contributed by atoms with Crippen molar-refractivity contribution < 1.29 is 9.53 Å². The molecule has 0 atom stereocenters. The minimum Gasteiger partial charge on any atom is -0.491 e. The second kappa shape index (κ2) is 11.4. The number of amides is 1. The van der Waals surface area contributed by atoms with E-state index in [1.165, 1.54) is 5.69 Å². The second-order valence-electron chi connectivity index (χ2n) is 10.0. The number of hydrogen-bond donors (Lipinski definition) is 1. The fraction of sp³-hybridized carbons (Fsp3) is 0.538. The first-order valence-corrected chi connectivity index (χ1v) is 11.8. The highest BCUT2D eigenvalue weighted by molar-refractivity contribution is 5.98. The summed E-state index contributed by atoms with van der Waals surface area (Å²) in [5.74, 6) is 1.60. The lowest BCUT2D eigenvalue weighted by atomic mass is 9.99. The molecule has 33 heavy (non-hydrogen) atoms. The van der Waals surface area contributed by atoms with Gasteiger partial charge in [0.1, 0.15) is 11.6 Å². The zero-order chi connectivity index (χ0) is 23.8. The summed E-state index contributed by atoms with van der Waals surface area (Å²) in [4.78, 5) is 23.2. The topological polar surface area (TPSA) is 60.9 Å². The minimum atomic E-state index is -0.0338. The van der Waals surface area contributed by atoms with Crippen LogP contribution in [0.3, 0.4) is 0 Å². The Labute approximate surface area is 198 Å². The normalized spacial score (nSPS) is 14.8. The van der Waals surface area contributed by atoms with Gasteiger partial charge in [-0.25, -0.2) is 4.98 Å². The van der Waals surface area contributed by atoms with Gasteiger partial charge in [0.15, 0.2) is 0 Å². The van der Waals surface area contributed by atoms with E-state index in [-0.39, 0.29) is 11.3 Å². The van der Waals surface area contributed by atoms with Crippen molar-refractivity contribution in [1.29, 1.82) is 0 Å². The monoisotopic (exact) mass is 453 g/mol. The summed E-state index contributed by atoms with van der Waals surface area (Å²) in [7, 11) is 3.52. The van der Waals surface area contributed by atoms with Crippen LogP contribution in [-0.4, -0.2) is 80.7 Å². The van der Waals surface area contributed by atoms with Crippen LogP contribution < -0.4 is 15.0 Å². The lowest BCUT2D eigenvalue weighted by Gasteiger charge is -2.37. The SMILES string of the molecule is CN(C)C(=O)c1cccnc1NCCCN1CCN(c2ccccc2OCC(C)(C)C)CC1. The number of hydrogen-bond acceptors (Lipinski definition) is 6. The van der Waals surface area contributed by atoms with Crippen LogP contribution in [0.5, 0.6) is 5.75 Å². The van der Waals surface area contributed by atoms with Crippen LogP contribution in [0.1, 0.15) is 37.6 Å². The molecule has 0 unspecified atom stereocenters. The molecule has 180 valence electrons. The smallest absolute Gasteiger partial charge is 0.257 e. The number of anilines is 2. The number of para-hydroxylation sites is 2. The van der Waals surface area contributed by atoms with E-state index in [1.54, 1.807) is 31.3 Å². The first-order chi connectivity index (χ1) is 15.7. The molecule has 2 aromatic rings. The number of benzene rings is 1. The van der Waals surface area contributed by atoms with Gasteiger partial charge in [-0.05, 0) is 42.6 Å². The summed E-state index contributed by atoms with van der Waals surface area (Å²) >= 11 is 0. The molecule has 1 amide bonds. The Morgan fingerprint density at radius 1 is 1.09 bits per heavy atom. The average Bonchev–Trinajstić information content (AvgIpc) is 2.80. The zero-order valence-electron chi connectivity index (χ0n) is 20.8. The number of carbonyl (C=O) groups excluding carboxylic acids is 1. The molecule has 0 bridgehead atoms. The maximum Gasteiger partial charge on any atom is 0.257 e. The fourth-order valence-corrected chi connectivity index (χ4v) is 3.82. The van der Waals surface area contributed by atoms with Crippen molar-refractivity contribution in [3.63, 3.8) is 0 Å². The molecular weight excluding hydrogens is 414 g/mol. The summed E-state index contributed by atoms with van der Waals surface area (Å²) in [6.45, 7) is 13.1. The minimum absolute atomic E-state index is 0.0338.